The highest BCUT2D eigenvalue weighted by Gasteiger charge is 2.26. The molecule has 0 heterocycles. The Labute approximate surface area is 172 Å². The van der Waals surface area contributed by atoms with Crippen LogP contribution in [0.2, 0.25) is 5.02 Å². The lowest BCUT2D eigenvalue weighted by Gasteiger charge is -2.27. The van der Waals surface area contributed by atoms with E-state index in [-0.39, 0.29) is 16.7 Å². The Morgan fingerprint density at radius 2 is 1.43 bits per heavy atom. The number of ether oxygens (including phenoxy) is 1. The largest absolute Gasteiger partial charge is 0.507 e. The van der Waals surface area contributed by atoms with Crippen LogP contribution in [-0.2, 0) is 10.8 Å². The van der Waals surface area contributed by atoms with Crippen LogP contribution >= 0.6 is 11.6 Å². The Bertz CT molecular complexity index is 769. The lowest BCUT2D eigenvalue weighted by Crippen LogP contribution is -2.29. The second kappa shape index (κ2) is 9.30. The first-order valence-corrected chi connectivity index (χ1v) is 9.37. The van der Waals surface area contributed by atoms with Gasteiger partial charge in [0.15, 0.2) is 0 Å². The van der Waals surface area contributed by atoms with E-state index in [0.29, 0.717) is 16.3 Å². The molecule has 154 valence electrons. The van der Waals surface area contributed by atoms with Crippen molar-refractivity contribution < 1.29 is 14.6 Å². The number of aromatic hydroxyl groups is 1. The zero-order valence-corrected chi connectivity index (χ0v) is 18.4. The van der Waals surface area contributed by atoms with Gasteiger partial charge < -0.3 is 9.84 Å². The molecule has 0 aliphatic carbocycles. The summed E-state index contributed by atoms with van der Waals surface area (Å²) in [6.07, 6.45) is 0. The molecular formula is C22H31ClN2O3. The molecular weight excluding hydrogens is 376 g/mol. The van der Waals surface area contributed by atoms with Gasteiger partial charge in [-0.15, -0.1) is 0 Å². The molecule has 0 aliphatic heterocycles. The Balaban J connectivity index is 0.000000307. The highest BCUT2D eigenvalue weighted by molar-refractivity contribution is 6.30. The molecule has 0 aromatic heterocycles. The second-order valence-corrected chi connectivity index (χ2v) is 8.99. The number of amides is 1. The minimum atomic E-state index is -0.318. The molecule has 28 heavy (non-hydrogen) atoms. The Morgan fingerprint density at radius 3 is 1.75 bits per heavy atom. The van der Waals surface area contributed by atoms with Crippen molar-refractivity contribution in [1.82, 2.24) is 5.43 Å². The van der Waals surface area contributed by atoms with Crippen molar-refractivity contribution in [3.63, 3.8) is 0 Å². The molecule has 0 spiro atoms. The van der Waals surface area contributed by atoms with Gasteiger partial charge in [0.2, 0.25) is 0 Å². The van der Waals surface area contributed by atoms with E-state index >= 15 is 0 Å². The van der Waals surface area contributed by atoms with Gasteiger partial charge in [-0.1, -0.05) is 53.1 Å². The minimum Gasteiger partial charge on any atom is -0.507 e. The average Bonchev–Trinajstić information content (AvgIpc) is 2.60. The highest BCUT2D eigenvalue weighted by Crippen LogP contribution is 2.41. The molecule has 6 heteroatoms. The van der Waals surface area contributed by atoms with Crippen LogP contribution in [0.4, 0.5) is 0 Å². The van der Waals surface area contributed by atoms with E-state index in [1.807, 2.05) is 17.6 Å². The van der Waals surface area contributed by atoms with Crippen LogP contribution in [0.1, 0.15) is 63.0 Å². The maximum Gasteiger partial charge on any atom is 0.265 e. The van der Waals surface area contributed by atoms with Crippen molar-refractivity contribution >= 4 is 17.5 Å². The maximum absolute atomic E-state index is 10.8. The fraction of sp³-hybridized carbons (Fsp3) is 0.409. The van der Waals surface area contributed by atoms with E-state index in [2.05, 4.69) is 41.5 Å². The van der Waals surface area contributed by atoms with E-state index in [9.17, 15) is 9.90 Å². The third-order valence-corrected chi connectivity index (χ3v) is 4.42. The van der Waals surface area contributed by atoms with Crippen LogP contribution in [0.5, 0.6) is 11.5 Å². The number of nitrogen functional groups attached to an aromatic ring is 1. The van der Waals surface area contributed by atoms with Crippen LogP contribution in [-0.4, -0.2) is 18.1 Å². The molecule has 0 atom stereocenters. The number of nitrogens with two attached hydrogens (primary N) is 1. The molecule has 0 fully saturated rings. The second-order valence-electron chi connectivity index (χ2n) is 8.55. The van der Waals surface area contributed by atoms with Gasteiger partial charge in [-0.3, -0.25) is 10.2 Å². The van der Waals surface area contributed by atoms with Crippen molar-refractivity contribution in [2.24, 2.45) is 5.84 Å². The van der Waals surface area contributed by atoms with Gasteiger partial charge in [-0.25, -0.2) is 5.84 Å². The number of rotatable bonds is 2. The first kappa shape index (κ1) is 23.8. The van der Waals surface area contributed by atoms with Crippen molar-refractivity contribution in [2.45, 2.75) is 52.4 Å². The highest BCUT2D eigenvalue weighted by atomic mass is 35.5. The summed E-state index contributed by atoms with van der Waals surface area (Å²) in [6, 6.07) is 10.3. The summed E-state index contributed by atoms with van der Waals surface area (Å²) in [6.45, 7) is 12.5. The van der Waals surface area contributed by atoms with Gasteiger partial charge in [0.25, 0.3) is 5.91 Å². The average molecular weight is 407 g/mol. The summed E-state index contributed by atoms with van der Waals surface area (Å²) in [5.74, 6) is 5.79. The number of benzene rings is 2. The van der Waals surface area contributed by atoms with Crippen molar-refractivity contribution in [2.75, 3.05) is 7.11 Å². The summed E-state index contributed by atoms with van der Waals surface area (Å²) in [5.41, 5.74) is 4.18. The van der Waals surface area contributed by atoms with Crippen LogP contribution in [0.15, 0.2) is 36.4 Å². The third kappa shape index (κ3) is 6.43. The number of carbonyl (C=O) groups is 1. The summed E-state index contributed by atoms with van der Waals surface area (Å²) >= 11 is 5.60. The molecule has 2 aromatic carbocycles. The Morgan fingerprint density at radius 1 is 1.00 bits per heavy atom. The fourth-order valence-corrected chi connectivity index (χ4v) is 2.68. The van der Waals surface area contributed by atoms with Crippen LogP contribution in [0.3, 0.4) is 0 Å². The zero-order valence-electron chi connectivity index (χ0n) is 17.7. The molecule has 2 rings (SSSR count). The molecule has 2 aromatic rings. The number of phenols is 1. The minimum absolute atomic E-state index is 0.0986. The van der Waals surface area contributed by atoms with Gasteiger partial charge in [-0.2, -0.15) is 0 Å². The molecule has 0 unspecified atom stereocenters. The molecule has 0 aliphatic rings. The lowest BCUT2D eigenvalue weighted by molar-refractivity contribution is 0.0953. The lowest BCUT2D eigenvalue weighted by atomic mass is 9.79. The number of hydrogen-bond donors (Lipinski definition) is 3. The van der Waals surface area contributed by atoms with Crippen LogP contribution in [0.25, 0.3) is 0 Å². The van der Waals surface area contributed by atoms with E-state index in [1.165, 1.54) is 0 Å². The van der Waals surface area contributed by atoms with Crippen LogP contribution < -0.4 is 16.0 Å². The predicted molar refractivity (Wildman–Crippen MR) is 115 cm³/mol. The van der Waals surface area contributed by atoms with Gasteiger partial charge in [-0.05, 0) is 47.2 Å². The monoisotopic (exact) mass is 406 g/mol. The number of halogens is 1. The van der Waals surface area contributed by atoms with Gasteiger partial charge in [0.05, 0.1) is 7.11 Å². The predicted octanol–water partition coefficient (Wildman–Crippen LogP) is 4.94. The zero-order chi connectivity index (χ0) is 21.7. The summed E-state index contributed by atoms with van der Waals surface area (Å²) < 4.78 is 5.33. The molecule has 4 N–H and O–H groups in total. The molecule has 0 saturated carbocycles. The number of nitrogens with one attached hydrogen (secondary N) is 1. The Kier molecular flexibility index (Phi) is 7.91. The summed E-state index contributed by atoms with van der Waals surface area (Å²) in [7, 11) is 1.66. The third-order valence-electron chi connectivity index (χ3n) is 4.17. The summed E-state index contributed by atoms with van der Waals surface area (Å²) in [5, 5.41) is 11.0. The number of hydrogen-bond acceptors (Lipinski definition) is 4. The molecule has 1 amide bonds. The van der Waals surface area contributed by atoms with Gasteiger partial charge in [0.1, 0.15) is 11.5 Å². The number of carbonyl (C=O) groups excluding carboxylic acids is 1. The standard InChI is InChI=1S/C15H24O2.C7H7ClN2O/c1-14(2,3)11-8-10(17-7)9-12(13(11)16)15(4,5)6;8-6-3-1-5(2-4-6)7(11)10-9/h8-9,16H,1-7H3;1-4H,9H2,(H,10,11). The van der Waals surface area contributed by atoms with E-state index in [1.54, 1.807) is 31.4 Å². The molecule has 0 radical (unpaired) electrons. The number of phenolic OH excluding ortho intramolecular Hbond substituents is 1. The van der Waals surface area contributed by atoms with E-state index < -0.39 is 0 Å². The Hall–Kier alpha value is -2.24. The first-order chi connectivity index (χ1) is 12.8. The quantitative estimate of drug-likeness (QED) is 0.374. The molecule has 0 saturated heterocycles. The maximum atomic E-state index is 10.8. The van der Waals surface area contributed by atoms with Crippen molar-refractivity contribution in [3.05, 3.63) is 58.1 Å². The van der Waals surface area contributed by atoms with Crippen molar-refractivity contribution in [1.29, 1.82) is 0 Å². The van der Waals surface area contributed by atoms with Gasteiger partial charge in [0, 0.05) is 21.7 Å². The summed E-state index contributed by atoms with van der Waals surface area (Å²) in [4.78, 5) is 10.8. The van der Waals surface area contributed by atoms with Gasteiger partial charge >= 0.3 is 0 Å². The van der Waals surface area contributed by atoms with E-state index in [4.69, 9.17) is 22.2 Å². The molecule has 5 nitrogen and oxygen atoms in total. The van der Waals surface area contributed by atoms with Crippen molar-refractivity contribution in [3.8, 4) is 11.5 Å². The first-order valence-electron chi connectivity index (χ1n) is 8.99. The SMILES string of the molecule is COc1cc(C(C)(C)C)c(O)c(C(C)(C)C)c1.NNC(=O)c1ccc(Cl)cc1. The normalized spacial score (nSPS) is 11.3. The molecule has 0 bridgehead atoms. The smallest absolute Gasteiger partial charge is 0.265 e. The van der Waals surface area contributed by atoms with E-state index in [0.717, 1.165) is 16.9 Å². The topological polar surface area (TPSA) is 84.6 Å². The number of methoxy groups -OCH3 is 1. The number of hydrazine groups is 1. The van der Waals surface area contributed by atoms with Crippen LogP contribution in [0, 0.1) is 0 Å². The fourth-order valence-electron chi connectivity index (χ4n) is 2.55.